The van der Waals surface area contributed by atoms with E-state index in [9.17, 15) is 0 Å². The molecule has 1 aromatic carbocycles. The topological polar surface area (TPSA) is 57.9 Å². The highest BCUT2D eigenvalue weighted by molar-refractivity contribution is 7.19. The molecule has 1 aliphatic carbocycles. The highest BCUT2D eigenvalue weighted by Crippen LogP contribution is 2.42. The molecular formula is C22H26N3O3S+. The van der Waals surface area contributed by atoms with E-state index in [1.807, 2.05) is 25.1 Å². The Morgan fingerprint density at radius 3 is 2.83 bits per heavy atom. The van der Waals surface area contributed by atoms with E-state index >= 15 is 0 Å². The second kappa shape index (κ2) is 7.89. The van der Waals surface area contributed by atoms with Crippen molar-refractivity contribution < 1.29 is 19.1 Å². The number of aromatic nitrogens is 2. The maximum Gasteiger partial charge on any atom is 0.232 e. The smallest absolute Gasteiger partial charge is 0.232 e. The molecule has 1 saturated heterocycles. The first-order valence-electron chi connectivity index (χ1n) is 10.3. The maximum atomic E-state index is 6.38. The first-order chi connectivity index (χ1) is 14.2. The standard InChI is InChI=1S/C22H25N3O3S/c1-14-6-7-16(17(12-14)26-2)28-21-20-15-4-3-5-18(15)29-22(20)24-19(23-21)13-25-8-10-27-11-9-25/h6-7,12H,3-5,8-11,13H2,1-2H3/p+1. The van der Waals surface area contributed by atoms with Gasteiger partial charge in [-0.2, -0.15) is 4.98 Å². The summed E-state index contributed by atoms with van der Waals surface area (Å²) in [4.78, 5) is 13.8. The Morgan fingerprint density at radius 1 is 1.14 bits per heavy atom. The van der Waals surface area contributed by atoms with Crippen LogP contribution >= 0.6 is 11.3 Å². The minimum absolute atomic E-state index is 0.666. The normalized spacial score (nSPS) is 16.9. The number of hydrogen-bond acceptors (Lipinski definition) is 6. The van der Waals surface area contributed by atoms with E-state index in [0.717, 1.165) is 73.0 Å². The molecule has 1 fully saturated rings. The highest BCUT2D eigenvalue weighted by Gasteiger charge is 2.25. The first-order valence-corrected chi connectivity index (χ1v) is 11.1. The Bertz CT molecular complexity index is 1040. The van der Waals surface area contributed by atoms with Crippen molar-refractivity contribution in [3.8, 4) is 17.4 Å². The summed E-state index contributed by atoms with van der Waals surface area (Å²) in [5, 5.41) is 1.09. The number of benzene rings is 1. The Balaban J connectivity index is 1.56. The maximum absolute atomic E-state index is 6.38. The number of aryl methyl sites for hydroxylation is 3. The van der Waals surface area contributed by atoms with E-state index in [1.54, 1.807) is 18.4 Å². The predicted octanol–water partition coefficient (Wildman–Crippen LogP) is 2.70. The Kier molecular flexibility index (Phi) is 5.11. The molecule has 29 heavy (non-hydrogen) atoms. The average molecular weight is 413 g/mol. The number of fused-ring (bicyclic) bond motifs is 3. The molecule has 152 valence electrons. The van der Waals surface area contributed by atoms with Crippen LogP contribution in [0.2, 0.25) is 0 Å². The number of methoxy groups -OCH3 is 1. The molecule has 0 spiro atoms. The second-order valence-corrected chi connectivity index (χ2v) is 8.86. The van der Waals surface area contributed by atoms with Crippen LogP contribution < -0.4 is 14.4 Å². The number of nitrogens with one attached hydrogen (secondary N) is 1. The Labute approximate surface area is 174 Å². The van der Waals surface area contributed by atoms with E-state index < -0.39 is 0 Å². The number of quaternary nitrogens is 1. The molecule has 3 heterocycles. The van der Waals surface area contributed by atoms with Crippen LogP contribution in [-0.4, -0.2) is 43.4 Å². The third-order valence-corrected chi connectivity index (χ3v) is 6.90. The monoisotopic (exact) mass is 412 g/mol. The minimum atomic E-state index is 0.666. The molecule has 1 aliphatic heterocycles. The number of hydrogen-bond donors (Lipinski definition) is 1. The van der Waals surface area contributed by atoms with Gasteiger partial charge in [0.05, 0.1) is 25.7 Å². The predicted molar refractivity (Wildman–Crippen MR) is 112 cm³/mol. The summed E-state index contributed by atoms with van der Waals surface area (Å²) < 4.78 is 17.4. The van der Waals surface area contributed by atoms with Gasteiger partial charge in [0.1, 0.15) is 24.5 Å². The van der Waals surface area contributed by atoms with Gasteiger partial charge in [-0.25, -0.2) is 4.98 Å². The SMILES string of the molecule is COc1cc(C)ccc1Oc1nc(C[NH+]2CCOCC2)nc2sc3c(c12)CCC3. The van der Waals surface area contributed by atoms with Crippen LogP contribution in [0.3, 0.4) is 0 Å². The van der Waals surface area contributed by atoms with Gasteiger partial charge in [0.15, 0.2) is 17.3 Å². The summed E-state index contributed by atoms with van der Waals surface area (Å²) in [5.41, 5.74) is 2.51. The summed E-state index contributed by atoms with van der Waals surface area (Å²) in [6.45, 7) is 6.42. The molecule has 3 aromatic rings. The zero-order valence-electron chi connectivity index (χ0n) is 16.9. The molecule has 0 saturated carbocycles. The van der Waals surface area contributed by atoms with Crippen LogP contribution in [0, 0.1) is 6.92 Å². The van der Waals surface area contributed by atoms with Crippen molar-refractivity contribution in [2.45, 2.75) is 32.7 Å². The van der Waals surface area contributed by atoms with E-state index in [1.165, 1.54) is 21.8 Å². The lowest BCUT2D eigenvalue weighted by Gasteiger charge is -2.23. The number of morpholine rings is 1. The number of nitrogens with zero attached hydrogens (tertiary/aromatic N) is 2. The third kappa shape index (κ3) is 3.70. The van der Waals surface area contributed by atoms with Crippen molar-refractivity contribution in [1.82, 2.24) is 9.97 Å². The van der Waals surface area contributed by atoms with Crippen LogP contribution in [0.4, 0.5) is 0 Å². The molecule has 0 unspecified atom stereocenters. The summed E-state index contributed by atoms with van der Waals surface area (Å²) in [6, 6.07) is 5.99. The molecule has 6 nitrogen and oxygen atoms in total. The molecule has 7 heteroatoms. The fourth-order valence-corrected chi connectivity index (χ4v) is 5.45. The zero-order chi connectivity index (χ0) is 19.8. The largest absolute Gasteiger partial charge is 0.493 e. The van der Waals surface area contributed by atoms with Gasteiger partial charge in [-0.1, -0.05) is 6.07 Å². The summed E-state index contributed by atoms with van der Waals surface area (Å²) in [7, 11) is 1.67. The number of rotatable bonds is 5. The van der Waals surface area contributed by atoms with Gasteiger partial charge >= 0.3 is 0 Å². The Hall–Kier alpha value is -2.22. The van der Waals surface area contributed by atoms with Crippen molar-refractivity contribution in [1.29, 1.82) is 0 Å². The molecule has 0 amide bonds. The van der Waals surface area contributed by atoms with Gasteiger partial charge in [-0.3, -0.25) is 0 Å². The van der Waals surface area contributed by atoms with E-state index in [2.05, 4.69) is 0 Å². The average Bonchev–Trinajstić information content (AvgIpc) is 3.31. The van der Waals surface area contributed by atoms with Crippen molar-refractivity contribution in [3.63, 3.8) is 0 Å². The summed E-state index contributed by atoms with van der Waals surface area (Å²) in [5.74, 6) is 2.93. The fourth-order valence-electron chi connectivity index (χ4n) is 4.18. The first kappa shape index (κ1) is 18.8. The van der Waals surface area contributed by atoms with Crippen LogP contribution in [-0.2, 0) is 24.1 Å². The minimum Gasteiger partial charge on any atom is -0.493 e. The van der Waals surface area contributed by atoms with Crippen LogP contribution in [0.25, 0.3) is 10.2 Å². The van der Waals surface area contributed by atoms with Crippen molar-refractivity contribution in [3.05, 3.63) is 40.0 Å². The zero-order valence-corrected chi connectivity index (χ0v) is 17.7. The highest BCUT2D eigenvalue weighted by atomic mass is 32.1. The molecule has 2 aliphatic rings. The van der Waals surface area contributed by atoms with Gasteiger partial charge in [-0.15, -0.1) is 11.3 Å². The van der Waals surface area contributed by atoms with Crippen LogP contribution in [0.1, 0.15) is 28.2 Å². The number of thiophene rings is 1. The third-order valence-electron chi connectivity index (χ3n) is 5.71. The van der Waals surface area contributed by atoms with Crippen molar-refractivity contribution >= 4 is 21.6 Å². The Morgan fingerprint density at radius 2 is 2.00 bits per heavy atom. The van der Waals surface area contributed by atoms with Crippen molar-refractivity contribution in [2.75, 3.05) is 33.4 Å². The molecule has 0 atom stereocenters. The lowest BCUT2D eigenvalue weighted by Crippen LogP contribution is -3.12. The van der Waals surface area contributed by atoms with E-state index in [4.69, 9.17) is 24.2 Å². The lowest BCUT2D eigenvalue weighted by molar-refractivity contribution is -0.922. The lowest BCUT2D eigenvalue weighted by atomic mass is 10.2. The summed E-state index contributed by atoms with van der Waals surface area (Å²) in [6.07, 6.45) is 3.41. The summed E-state index contributed by atoms with van der Waals surface area (Å²) >= 11 is 1.80. The van der Waals surface area contributed by atoms with Crippen molar-refractivity contribution in [2.24, 2.45) is 0 Å². The van der Waals surface area contributed by atoms with Gasteiger partial charge in [0, 0.05) is 4.88 Å². The number of ether oxygens (including phenoxy) is 3. The van der Waals surface area contributed by atoms with Gasteiger partial charge < -0.3 is 19.1 Å². The van der Waals surface area contributed by atoms with E-state index in [0.29, 0.717) is 11.6 Å². The van der Waals surface area contributed by atoms with Crippen LogP contribution in [0.5, 0.6) is 17.4 Å². The quantitative estimate of drug-likeness (QED) is 0.698. The molecule has 5 rings (SSSR count). The van der Waals surface area contributed by atoms with E-state index in [-0.39, 0.29) is 0 Å². The molecular weight excluding hydrogens is 386 g/mol. The molecule has 2 aromatic heterocycles. The van der Waals surface area contributed by atoms with Crippen LogP contribution in [0.15, 0.2) is 18.2 Å². The van der Waals surface area contributed by atoms with Gasteiger partial charge in [0.2, 0.25) is 5.88 Å². The molecule has 0 bridgehead atoms. The molecule has 1 N–H and O–H groups in total. The molecule has 0 radical (unpaired) electrons. The van der Waals surface area contributed by atoms with Gasteiger partial charge in [-0.05, 0) is 49.4 Å². The van der Waals surface area contributed by atoms with Gasteiger partial charge in [0.25, 0.3) is 0 Å². The fraction of sp³-hybridized carbons (Fsp3) is 0.455. The second-order valence-electron chi connectivity index (χ2n) is 7.78.